The summed E-state index contributed by atoms with van der Waals surface area (Å²) in [4.78, 5) is 26.2. The summed E-state index contributed by atoms with van der Waals surface area (Å²) in [7, 11) is 0. The molecule has 2 N–H and O–H groups in total. The van der Waals surface area contributed by atoms with E-state index in [1.807, 2.05) is 5.38 Å². The zero-order valence-electron chi connectivity index (χ0n) is 11.1. The molecule has 7 heteroatoms. The van der Waals surface area contributed by atoms with Crippen molar-refractivity contribution in [3.63, 3.8) is 0 Å². The van der Waals surface area contributed by atoms with Crippen molar-refractivity contribution in [2.75, 3.05) is 6.54 Å². The second kappa shape index (κ2) is 5.61. The molecule has 1 aliphatic rings. The number of rotatable bonds is 3. The largest absolute Gasteiger partial charge is 0.479 e. The Kier molecular flexibility index (Phi) is 3.66. The van der Waals surface area contributed by atoms with Gasteiger partial charge in [-0.1, -0.05) is 0 Å². The van der Waals surface area contributed by atoms with Crippen LogP contribution in [0.2, 0.25) is 0 Å². The van der Waals surface area contributed by atoms with E-state index in [4.69, 9.17) is 4.42 Å². The van der Waals surface area contributed by atoms with Gasteiger partial charge < -0.3 is 19.7 Å². The number of urea groups is 1. The predicted octanol–water partition coefficient (Wildman–Crippen LogP) is 2.23. The lowest BCUT2D eigenvalue weighted by atomic mass is 10.0. The van der Waals surface area contributed by atoms with Crippen LogP contribution in [0.25, 0.3) is 0 Å². The molecule has 3 heterocycles. The van der Waals surface area contributed by atoms with Gasteiger partial charge in [-0.3, -0.25) is 0 Å². The van der Waals surface area contributed by atoms with Gasteiger partial charge >= 0.3 is 12.0 Å². The topological polar surface area (TPSA) is 82.8 Å². The van der Waals surface area contributed by atoms with Gasteiger partial charge in [0.05, 0.1) is 12.5 Å². The van der Waals surface area contributed by atoms with E-state index in [1.165, 1.54) is 22.5 Å². The number of furan rings is 1. The monoisotopic (exact) mass is 306 g/mol. The third-order valence-corrected chi connectivity index (χ3v) is 4.48. The number of carbonyl (C=O) groups is 2. The van der Waals surface area contributed by atoms with Gasteiger partial charge in [0, 0.05) is 23.5 Å². The Hall–Kier alpha value is -2.28. The first kappa shape index (κ1) is 13.7. The quantitative estimate of drug-likeness (QED) is 0.911. The molecule has 1 aliphatic heterocycles. The Morgan fingerprint density at radius 2 is 2.33 bits per heavy atom. The van der Waals surface area contributed by atoms with Crippen molar-refractivity contribution in [2.24, 2.45) is 0 Å². The molecule has 6 nitrogen and oxygen atoms in total. The van der Waals surface area contributed by atoms with Gasteiger partial charge in [0.1, 0.15) is 0 Å². The minimum Gasteiger partial charge on any atom is -0.479 e. The lowest BCUT2D eigenvalue weighted by Crippen LogP contribution is -2.47. The molecule has 2 aromatic rings. The molecule has 21 heavy (non-hydrogen) atoms. The van der Waals surface area contributed by atoms with Crippen LogP contribution < -0.4 is 5.32 Å². The fourth-order valence-electron chi connectivity index (χ4n) is 2.47. The van der Waals surface area contributed by atoms with E-state index < -0.39 is 12.0 Å². The number of carboxylic acid groups (broad SMARTS) is 1. The molecule has 0 aromatic carbocycles. The van der Waals surface area contributed by atoms with Crippen LogP contribution in [0.15, 0.2) is 34.5 Å². The minimum absolute atomic E-state index is 0.314. The number of hydrogen-bond donors (Lipinski definition) is 2. The first-order chi connectivity index (χ1) is 10.2. The molecule has 0 fully saturated rings. The van der Waals surface area contributed by atoms with E-state index in [1.54, 1.807) is 18.4 Å². The van der Waals surface area contributed by atoms with E-state index >= 15 is 0 Å². The molecule has 110 valence electrons. The average Bonchev–Trinajstić information content (AvgIpc) is 3.14. The molecule has 0 bridgehead atoms. The highest BCUT2D eigenvalue weighted by Gasteiger charge is 2.36. The lowest BCUT2D eigenvalue weighted by Gasteiger charge is -2.33. The van der Waals surface area contributed by atoms with Gasteiger partial charge in [0.15, 0.2) is 6.04 Å². The van der Waals surface area contributed by atoms with E-state index in [2.05, 4.69) is 5.32 Å². The van der Waals surface area contributed by atoms with E-state index in [-0.39, 0.29) is 6.03 Å². The summed E-state index contributed by atoms with van der Waals surface area (Å²) < 4.78 is 4.93. The summed E-state index contributed by atoms with van der Waals surface area (Å²) in [6, 6.07) is 2.25. The SMILES string of the molecule is O=C(O)C1c2ccsc2CCN1C(=O)NCc1ccoc1. The molecular formula is C14H14N2O4S. The summed E-state index contributed by atoms with van der Waals surface area (Å²) in [5.41, 5.74) is 1.56. The number of aliphatic carboxylic acids is 1. The highest BCUT2D eigenvalue weighted by Crippen LogP contribution is 2.33. The Morgan fingerprint density at radius 1 is 1.48 bits per heavy atom. The molecule has 3 rings (SSSR count). The number of nitrogens with zero attached hydrogens (tertiary/aromatic N) is 1. The van der Waals surface area contributed by atoms with Gasteiger partial charge in [0.2, 0.25) is 0 Å². The van der Waals surface area contributed by atoms with Crippen LogP contribution in [0.5, 0.6) is 0 Å². The zero-order valence-corrected chi connectivity index (χ0v) is 11.9. The molecule has 2 amide bonds. The second-order valence-corrected chi connectivity index (χ2v) is 5.77. The Balaban J connectivity index is 1.74. The Morgan fingerprint density at radius 3 is 3.05 bits per heavy atom. The van der Waals surface area contributed by atoms with Crippen molar-refractivity contribution < 1.29 is 19.1 Å². The van der Waals surface area contributed by atoms with Gasteiger partial charge in [0.25, 0.3) is 0 Å². The van der Waals surface area contributed by atoms with Gasteiger partial charge in [-0.05, 0) is 29.5 Å². The molecule has 2 aromatic heterocycles. The summed E-state index contributed by atoms with van der Waals surface area (Å²) in [5, 5.41) is 14.0. The number of fused-ring (bicyclic) bond motifs is 1. The molecule has 0 saturated carbocycles. The molecule has 0 radical (unpaired) electrons. The average molecular weight is 306 g/mol. The van der Waals surface area contributed by atoms with Gasteiger partial charge in [-0.15, -0.1) is 11.3 Å². The van der Waals surface area contributed by atoms with E-state index in [0.717, 1.165) is 16.0 Å². The summed E-state index contributed by atoms with van der Waals surface area (Å²) in [6.45, 7) is 0.719. The maximum Gasteiger partial charge on any atom is 0.331 e. The van der Waals surface area contributed by atoms with Crippen molar-refractivity contribution >= 4 is 23.3 Å². The zero-order chi connectivity index (χ0) is 14.8. The maximum absolute atomic E-state index is 12.3. The van der Waals surface area contributed by atoms with E-state index in [9.17, 15) is 14.7 Å². The second-order valence-electron chi connectivity index (χ2n) is 4.77. The van der Waals surface area contributed by atoms with Crippen LogP contribution >= 0.6 is 11.3 Å². The van der Waals surface area contributed by atoms with Crippen molar-refractivity contribution in [3.8, 4) is 0 Å². The number of amides is 2. The fraction of sp³-hybridized carbons (Fsp3) is 0.286. The first-order valence-corrected chi connectivity index (χ1v) is 7.39. The van der Waals surface area contributed by atoms with Crippen molar-refractivity contribution in [1.82, 2.24) is 10.2 Å². The van der Waals surface area contributed by atoms with Gasteiger partial charge in [-0.2, -0.15) is 0 Å². The number of thiophene rings is 1. The van der Waals surface area contributed by atoms with Crippen LogP contribution in [0.4, 0.5) is 4.79 Å². The minimum atomic E-state index is -1.01. The van der Waals surface area contributed by atoms with Crippen LogP contribution in [-0.4, -0.2) is 28.6 Å². The van der Waals surface area contributed by atoms with Crippen molar-refractivity contribution in [1.29, 1.82) is 0 Å². The third-order valence-electron chi connectivity index (χ3n) is 3.48. The number of hydrogen-bond acceptors (Lipinski definition) is 4. The number of carboxylic acids is 1. The third kappa shape index (κ3) is 2.64. The highest BCUT2D eigenvalue weighted by atomic mass is 32.1. The molecule has 0 aliphatic carbocycles. The molecule has 1 atom stereocenters. The van der Waals surface area contributed by atoms with Crippen LogP contribution in [-0.2, 0) is 17.8 Å². The van der Waals surface area contributed by atoms with Crippen LogP contribution in [0.1, 0.15) is 22.0 Å². The number of nitrogens with one attached hydrogen (secondary N) is 1. The van der Waals surface area contributed by atoms with Gasteiger partial charge in [-0.25, -0.2) is 9.59 Å². The molecule has 1 unspecified atom stereocenters. The summed E-state index contributed by atoms with van der Waals surface area (Å²) in [6.07, 6.45) is 3.76. The maximum atomic E-state index is 12.3. The van der Waals surface area contributed by atoms with Crippen LogP contribution in [0, 0.1) is 0 Å². The Bertz CT molecular complexity index is 650. The normalized spacial score (nSPS) is 17.3. The fourth-order valence-corrected chi connectivity index (χ4v) is 3.38. The highest BCUT2D eigenvalue weighted by molar-refractivity contribution is 7.10. The van der Waals surface area contributed by atoms with Crippen molar-refractivity contribution in [2.45, 2.75) is 19.0 Å². The summed E-state index contributed by atoms with van der Waals surface area (Å²) >= 11 is 1.54. The molecular weight excluding hydrogens is 292 g/mol. The van der Waals surface area contributed by atoms with E-state index in [0.29, 0.717) is 19.5 Å². The Labute approximate surface area is 125 Å². The standard InChI is InChI=1S/C14H14N2O4S/c17-13(18)12-10-3-6-21-11(10)1-4-16(12)14(19)15-7-9-2-5-20-8-9/h2-3,5-6,8,12H,1,4,7H2,(H,15,19)(H,17,18). The number of carbonyl (C=O) groups excluding carboxylic acids is 1. The predicted molar refractivity (Wildman–Crippen MR) is 76.0 cm³/mol. The summed E-state index contributed by atoms with van der Waals surface area (Å²) in [5.74, 6) is -1.01. The lowest BCUT2D eigenvalue weighted by molar-refractivity contribution is -0.142. The van der Waals surface area contributed by atoms with Crippen molar-refractivity contribution in [3.05, 3.63) is 46.0 Å². The first-order valence-electron chi connectivity index (χ1n) is 6.51. The smallest absolute Gasteiger partial charge is 0.331 e. The van der Waals surface area contributed by atoms with Crippen LogP contribution in [0.3, 0.4) is 0 Å². The molecule has 0 spiro atoms. The molecule has 0 saturated heterocycles.